The first-order valence-corrected chi connectivity index (χ1v) is 9.88. The molecule has 2 aromatic rings. The number of aromatic nitrogens is 1. The van der Waals surface area contributed by atoms with Gasteiger partial charge in [-0.1, -0.05) is 30.3 Å². The normalized spacial score (nSPS) is 20.2. The van der Waals surface area contributed by atoms with Crippen LogP contribution in [0.4, 0.5) is 0 Å². The lowest BCUT2D eigenvalue weighted by atomic mass is 10.0. The van der Waals surface area contributed by atoms with Gasteiger partial charge in [0.1, 0.15) is 10.7 Å². The molecule has 1 amide bonds. The van der Waals surface area contributed by atoms with Gasteiger partial charge in [-0.25, -0.2) is 4.98 Å². The van der Waals surface area contributed by atoms with Crippen molar-refractivity contribution in [2.75, 3.05) is 31.3 Å². The van der Waals surface area contributed by atoms with Crippen molar-refractivity contribution in [3.05, 3.63) is 41.4 Å². The summed E-state index contributed by atoms with van der Waals surface area (Å²) in [6, 6.07) is 9.82. The van der Waals surface area contributed by atoms with Gasteiger partial charge in [0, 0.05) is 23.2 Å². The highest BCUT2D eigenvalue weighted by Crippen LogP contribution is 2.31. The van der Waals surface area contributed by atoms with Gasteiger partial charge in [-0.15, -0.1) is 11.3 Å². The zero-order chi connectivity index (χ0) is 16.8. The minimum absolute atomic E-state index is 0.00706. The zero-order valence-corrected chi connectivity index (χ0v) is 14.9. The second kappa shape index (κ2) is 8.11. The first-order valence-electron chi connectivity index (χ1n) is 7.84. The van der Waals surface area contributed by atoms with Gasteiger partial charge in [-0.2, -0.15) is 11.8 Å². The summed E-state index contributed by atoms with van der Waals surface area (Å²) in [4.78, 5) is 16.8. The molecule has 1 atom stereocenters. The van der Waals surface area contributed by atoms with Gasteiger partial charge in [0.05, 0.1) is 18.8 Å². The summed E-state index contributed by atoms with van der Waals surface area (Å²) in [6.45, 7) is 0.731. The highest BCUT2D eigenvalue weighted by molar-refractivity contribution is 7.99. The number of hydrogen-bond donors (Lipinski definition) is 2. The molecule has 128 valence electrons. The summed E-state index contributed by atoms with van der Waals surface area (Å²) >= 11 is 3.27. The maximum atomic E-state index is 12.4. The van der Waals surface area contributed by atoms with Gasteiger partial charge < -0.3 is 15.2 Å². The van der Waals surface area contributed by atoms with Gasteiger partial charge in [0.15, 0.2) is 0 Å². The Hall–Kier alpha value is -1.41. The maximum absolute atomic E-state index is 12.4. The van der Waals surface area contributed by atoms with Crippen LogP contribution >= 0.6 is 23.1 Å². The van der Waals surface area contributed by atoms with E-state index in [0.717, 1.165) is 28.5 Å². The fourth-order valence-electron chi connectivity index (χ4n) is 2.58. The van der Waals surface area contributed by atoms with E-state index in [-0.39, 0.29) is 18.1 Å². The van der Waals surface area contributed by atoms with Crippen LogP contribution < -0.4 is 5.32 Å². The van der Waals surface area contributed by atoms with E-state index in [4.69, 9.17) is 9.84 Å². The molecule has 1 fully saturated rings. The average molecular weight is 364 g/mol. The lowest BCUT2D eigenvalue weighted by molar-refractivity contribution is -0.0378. The monoisotopic (exact) mass is 364 g/mol. The number of aliphatic hydroxyl groups excluding tert-OH is 1. The third-order valence-electron chi connectivity index (χ3n) is 3.90. The van der Waals surface area contributed by atoms with E-state index in [1.165, 1.54) is 11.3 Å². The maximum Gasteiger partial charge on any atom is 0.270 e. The fourth-order valence-corrected chi connectivity index (χ4v) is 4.75. The van der Waals surface area contributed by atoms with E-state index in [1.54, 1.807) is 5.38 Å². The molecule has 1 aliphatic heterocycles. The highest BCUT2D eigenvalue weighted by atomic mass is 32.2. The minimum atomic E-state index is -0.374. The molecule has 2 N–H and O–H groups in total. The molecule has 1 saturated heterocycles. The van der Waals surface area contributed by atoms with Crippen LogP contribution in [0.3, 0.4) is 0 Å². The molecule has 3 rings (SSSR count). The molecule has 1 unspecified atom stereocenters. The quantitative estimate of drug-likeness (QED) is 0.789. The number of nitrogens with one attached hydrogen (secondary N) is 1. The Morgan fingerprint density at radius 3 is 2.92 bits per heavy atom. The summed E-state index contributed by atoms with van der Waals surface area (Å²) in [7, 11) is 0. The largest absolute Gasteiger partial charge is 0.394 e. The number of rotatable bonds is 7. The van der Waals surface area contributed by atoms with Crippen molar-refractivity contribution in [2.45, 2.75) is 12.0 Å². The Morgan fingerprint density at radius 2 is 2.21 bits per heavy atom. The number of thioether (sulfide) groups is 1. The second-order valence-corrected chi connectivity index (χ2v) is 7.61. The summed E-state index contributed by atoms with van der Waals surface area (Å²) in [5, 5.41) is 14.5. The predicted molar refractivity (Wildman–Crippen MR) is 97.6 cm³/mol. The summed E-state index contributed by atoms with van der Waals surface area (Å²) in [5.41, 5.74) is 1.07. The number of hydrogen-bond acceptors (Lipinski definition) is 6. The van der Waals surface area contributed by atoms with Gasteiger partial charge in [0.2, 0.25) is 0 Å². The lowest BCUT2D eigenvalue weighted by Gasteiger charge is -2.28. The number of nitrogens with zero attached hydrogens (tertiary/aromatic N) is 1. The van der Waals surface area contributed by atoms with Crippen molar-refractivity contribution in [1.29, 1.82) is 0 Å². The van der Waals surface area contributed by atoms with Gasteiger partial charge in [0.25, 0.3) is 5.91 Å². The summed E-state index contributed by atoms with van der Waals surface area (Å²) in [5.74, 6) is 1.66. The molecule has 0 bridgehead atoms. The van der Waals surface area contributed by atoms with Crippen LogP contribution in [-0.2, 0) is 4.74 Å². The van der Waals surface area contributed by atoms with Crippen molar-refractivity contribution in [1.82, 2.24) is 10.3 Å². The molecule has 24 heavy (non-hydrogen) atoms. The summed E-state index contributed by atoms with van der Waals surface area (Å²) < 4.78 is 5.80. The molecular weight excluding hydrogens is 344 g/mol. The molecule has 1 aliphatic rings. The van der Waals surface area contributed by atoms with Crippen molar-refractivity contribution in [2.24, 2.45) is 0 Å². The molecule has 0 spiro atoms. The van der Waals surface area contributed by atoms with Gasteiger partial charge in [-0.05, 0) is 12.2 Å². The van der Waals surface area contributed by atoms with Crippen molar-refractivity contribution in [3.8, 4) is 10.6 Å². The molecule has 2 heterocycles. The number of amides is 1. The number of aliphatic hydroxyl groups is 1. The number of ether oxygens (including phenoxy) is 1. The molecular formula is C17H20N2O3S2. The first kappa shape index (κ1) is 17.4. The second-order valence-electron chi connectivity index (χ2n) is 5.64. The molecule has 1 aromatic carbocycles. The molecule has 0 radical (unpaired) electrons. The Morgan fingerprint density at radius 1 is 1.38 bits per heavy atom. The van der Waals surface area contributed by atoms with Crippen LogP contribution in [-0.4, -0.2) is 52.9 Å². The standard InChI is InChI=1S/C17H20N2O3S2/c20-7-8-22-17(6-9-23-12-17)11-18-15(21)14-10-24-16(19-14)13-4-2-1-3-5-13/h1-5,10,20H,6-9,11-12H2,(H,18,21). The van der Waals surface area contributed by atoms with Crippen molar-refractivity contribution < 1.29 is 14.6 Å². The number of thiazole rings is 1. The van der Waals surface area contributed by atoms with Crippen LogP contribution in [0.5, 0.6) is 0 Å². The van der Waals surface area contributed by atoms with E-state index in [1.807, 2.05) is 42.1 Å². The van der Waals surface area contributed by atoms with Crippen LogP contribution in [0.15, 0.2) is 35.7 Å². The first-order chi connectivity index (χ1) is 11.7. The molecule has 1 aromatic heterocycles. The van der Waals surface area contributed by atoms with Crippen LogP contribution in [0, 0.1) is 0 Å². The summed E-state index contributed by atoms with van der Waals surface area (Å²) in [6.07, 6.45) is 0.879. The number of benzene rings is 1. The third kappa shape index (κ3) is 4.16. The topological polar surface area (TPSA) is 71.5 Å². The van der Waals surface area contributed by atoms with Crippen molar-refractivity contribution in [3.63, 3.8) is 0 Å². The van der Waals surface area contributed by atoms with E-state index in [0.29, 0.717) is 18.8 Å². The Kier molecular flexibility index (Phi) is 5.89. The Labute approximate surface area is 149 Å². The number of carbonyl (C=O) groups is 1. The van der Waals surface area contributed by atoms with Crippen LogP contribution in [0.25, 0.3) is 10.6 Å². The Bertz CT molecular complexity index is 669. The van der Waals surface area contributed by atoms with Crippen molar-refractivity contribution >= 4 is 29.0 Å². The van der Waals surface area contributed by atoms with E-state index in [9.17, 15) is 4.79 Å². The highest BCUT2D eigenvalue weighted by Gasteiger charge is 2.35. The molecule has 7 heteroatoms. The molecule has 0 aliphatic carbocycles. The fraction of sp³-hybridized carbons (Fsp3) is 0.412. The lowest BCUT2D eigenvalue weighted by Crippen LogP contribution is -2.45. The van der Waals surface area contributed by atoms with Gasteiger partial charge >= 0.3 is 0 Å². The zero-order valence-electron chi connectivity index (χ0n) is 13.2. The Balaban J connectivity index is 1.62. The molecule has 0 saturated carbocycles. The predicted octanol–water partition coefficient (Wildman–Crippen LogP) is 2.42. The minimum Gasteiger partial charge on any atom is -0.394 e. The third-order valence-corrected chi connectivity index (χ3v) is 6.01. The molecule has 5 nitrogen and oxygen atoms in total. The smallest absolute Gasteiger partial charge is 0.270 e. The number of carbonyl (C=O) groups excluding carboxylic acids is 1. The van der Waals surface area contributed by atoms with E-state index < -0.39 is 0 Å². The van der Waals surface area contributed by atoms with Crippen LogP contribution in [0.1, 0.15) is 16.9 Å². The van der Waals surface area contributed by atoms with E-state index >= 15 is 0 Å². The SMILES string of the molecule is O=C(NCC1(OCCO)CCSC1)c1csc(-c2ccccc2)n1. The van der Waals surface area contributed by atoms with Gasteiger partial charge in [-0.3, -0.25) is 4.79 Å². The van der Waals surface area contributed by atoms with Crippen LogP contribution in [0.2, 0.25) is 0 Å². The van der Waals surface area contributed by atoms with E-state index in [2.05, 4.69) is 10.3 Å². The average Bonchev–Trinajstić information content (AvgIpc) is 3.29.